The van der Waals surface area contributed by atoms with E-state index in [4.69, 9.17) is 0 Å². The van der Waals surface area contributed by atoms with Crippen LogP contribution in [0.25, 0.3) is 0 Å². The molecule has 0 aliphatic rings. The Morgan fingerprint density at radius 1 is 1.00 bits per heavy atom. The van der Waals surface area contributed by atoms with Crippen molar-refractivity contribution in [2.45, 2.75) is 38.5 Å². The number of benzene rings is 1. The number of carbonyl (C=O) groups is 1. The average Bonchev–Trinajstić information content (AvgIpc) is 2.44. The molecule has 0 atom stereocenters. The maximum Gasteiger partial charge on any atom is 0.220 e. The minimum atomic E-state index is 0.179. The zero-order valence-electron chi connectivity index (χ0n) is 12.0. The molecule has 1 rings (SSSR count). The molecule has 3 heteroatoms. The average molecular weight is 262 g/mol. The summed E-state index contributed by atoms with van der Waals surface area (Å²) in [4.78, 5) is 11.4. The second-order valence-corrected chi connectivity index (χ2v) is 4.85. The summed E-state index contributed by atoms with van der Waals surface area (Å²) in [6, 6.07) is 10.6. The summed E-state index contributed by atoms with van der Waals surface area (Å²) in [5.74, 6) is 0.179. The first kappa shape index (κ1) is 15.7. The van der Waals surface area contributed by atoms with Crippen molar-refractivity contribution in [3.05, 3.63) is 35.9 Å². The van der Waals surface area contributed by atoms with Gasteiger partial charge in [0.2, 0.25) is 5.91 Å². The molecule has 1 amide bonds. The molecule has 2 N–H and O–H groups in total. The Labute approximate surface area is 116 Å². The minimum absolute atomic E-state index is 0.179. The van der Waals surface area contributed by atoms with E-state index in [2.05, 4.69) is 34.9 Å². The number of aryl methyl sites for hydroxylation is 1. The van der Waals surface area contributed by atoms with E-state index < -0.39 is 0 Å². The summed E-state index contributed by atoms with van der Waals surface area (Å²) in [6.07, 6.45) is 6.12. The molecular weight excluding hydrogens is 236 g/mol. The highest BCUT2D eigenvalue weighted by Gasteiger charge is 1.99. The lowest BCUT2D eigenvalue weighted by Crippen LogP contribution is -2.25. The monoisotopic (exact) mass is 262 g/mol. The molecule has 0 fully saturated rings. The second-order valence-electron chi connectivity index (χ2n) is 4.85. The topological polar surface area (TPSA) is 41.1 Å². The highest BCUT2D eigenvalue weighted by atomic mass is 16.1. The van der Waals surface area contributed by atoms with Crippen LogP contribution in [0, 0.1) is 0 Å². The summed E-state index contributed by atoms with van der Waals surface area (Å²) in [6.45, 7) is 1.72. The lowest BCUT2D eigenvalue weighted by atomic mass is 10.1. The number of hydrogen-bond donors (Lipinski definition) is 2. The number of hydrogen-bond acceptors (Lipinski definition) is 2. The summed E-state index contributed by atoms with van der Waals surface area (Å²) < 4.78 is 0. The van der Waals surface area contributed by atoms with Crippen LogP contribution in [0.4, 0.5) is 0 Å². The molecule has 19 heavy (non-hydrogen) atoms. The van der Waals surface area contributed by atoms with E-state index in [0.29, 0.717) is 6.42 Å². The maximum atomic E-state index is 11.4. The van der Waals surface area contributed by atoms with Gasteiger partial charge < -0.3 is 10.6 Å². The van der Waals surface area contributed by atoms with Gasteiger partial charge in [-0.05, 0) is 44.8 Å². The van der Waals surface area contributed by atoms with Crippen molar-refractivity contribution in [1.29, 1.82) is 0 Å². The van der Waals surface area contributed by atoms with Crippen LogP contribution in [0.3, 0.4) is 0 Å². The third kappa shape index (κ3) is 8.38. The Hall–Kier alpha value is -1.35. The van der Waals surface area contributed by atoms with E-state index in [0.717, 1.165) is 32.4 Å². The molecule has 0 saturated carbocycles. The molecule has 106 valence electrons. The number of unbranched alkanes of at least 4 members (excludes halogenated alkanes) is 2. The Balaban J connectivity index is 1.92. The fourth-order valence-electron chi connectivity index (χ4n) is 2.02. The van der Waals surface area contributed by atoms with Gasteiger partial charge in [-0.1, -0.05) is 36.8 Å². The van der Waals surface area contributed by atoms with Crippen LogP contribution >= 0.6 is 0 Å². The highest BCUT2D eigenvalue weighted by Crippen LogP contribution is 2.05. The van der Waals surface area contributed by atoms with Gasteiger partial charge in [-0.15, -0.1) is 0 Å². The van der Waals surface area contributed by atoms with Gasteiger partial charge in [0.05, 0.1) is 0 Å². The predicted molar refractivity (Wildman–Crippen MR) is 80.2 cm³/mol. The largest absolute Gasteiger partial charge is 0.356 e. The molecule has 3 nitrogen and oxygen atoms in total. The predicted octanol–water partition coefficient (Wildman–Crippen LogP) is 2.52. The first-order chi connectivity index (χ1) is 9.33. The van der Waals surface area contributed by atoms with Gasteiger partial charge in [0.15, 0.2) is 0 Å². The maximum absolute atomic E-state index is 11.4. The quantitative estimate of drug-likeness (QED) is 0.636. The van der Waals surface area contributed by atoms with Crippen LogP contribution in [0.15, 0.2) is 30.3 Å². The van der Waals surface area contributed by atoms with Crippen molar-refractivity contribution in [2.75, 3.05) is 20.1 Å². The Kier molecular flexibility index (Phi) is 8.73. The van der Waals surface area contributed by atoms with E-state index in [9.17, 15) is 4.79 Å². The van der Waals surface area contributed by atoms with Crippen LogP contribution < -0.4 is 10.6 Å². The lowest BCUT2D eigenvalue weighted by Gasteiger charge is -2.05. The van der Waals surface area contributed by atoms with Crippen LogP contribution in [-0.4, -0.2) is 26.0 Å². The van der Waals surface area contributed by atoms with E-state index in [1.54, 1.807) is 0 Å². The van der Waals surface area contributed by atoms with Gasteiger partial charge in [-0.25, -0.2) is 0 Å². The van der Waals surface area contributed by atoms with Gasteiger partial charge in [0.1, 0.15) is 0 Å². The molecule has 0 radical (unpaired) electrons. The van der Waals surface area contributed by atoms with Crippen LogP contribution in [0.1, 0.15) is 37.7 Å². The van der Waals surface area contributed by atoms with Crippen molar-refractivity contribution in [3.63, 3.8) is 0 Å². The van der Waals surface area contributed by atoms with E-state index in [1.165, 1.54) is 18.4 Å². The van der Waals surface area contributed by atoms with Gasteiger partial charge in [0, 0.05) is 13.0 Å². The molecule has 0 unspecified atom stereocenters. The summed E-state index contributed by atoms with van der Waals surface area (Å²) >= 11 is 0. The third-order valence-corrected chi connectivity index (χ3v) is 3.14. The third-order valence-electron chi connectivity index (χ3n) is 3.14. The minimum Gasteiger partial charge on any atom is -0.356 e. The van der Waals surface area contributed by atoms with Crippen LogP contribution in [-0.2, 0) is 11.2 Å². The fourth-order valence-corrected chi connectivity index (χ4v) is 2.02. The van der Waals surface area contributed by atoms with Crippen molar-refractivity contribution in [3.8, 4) is 0 Å². The van der Waals surface area contributed by atoms with E-state index in [1.807, 2.05) is 13.1 Å². The second kappa shape index (κ2) is 10.6. The lowest BCUT2D eigenvalue weighted by molar-refractivity contribution is -0.121. The highest BCUT2D eigenvalue weighted by molar-refractivity contribution is 5.75. The molecule has 0 saturated heterocycles. The Morgan fingerprint density at radius 3 is 2.53 bits per heavy atom. The van der Waals surface area contributed by atoms with Gasteiger partial charge in [0.25, 0.3) is 0 Å². The molecular formula is C16H26N2O. The molecule has 0 aromatic heterocycles. The summed E-state index contributed by atoms with van der Waals surface area (Å²) in [7, 11) is 1.91. The van der Waals surface area contributed by atoms with Crippen LogP contribution in [0.2, 0.25) is 0 Å². The van der Waals surface area contributed by atoms with Gasteiger partial charge >= 0.3 is 0 Å². The molecule has 1 aromatic rings. The normalized spacial score (nSPS) is 10.4. The first-order valence-corrected chi connectivity index (χ1v) is 7.28. The van der Waals surface area contributed by atoms with Gasteiger partial charge in [-0.2, -0.15) is 0 Å². The summed E-state index contributed by atoms with van der Waals surface area (Å²) in [5, 5.41) is 6.02. The standard InChI is InChI=1S/C16H26N2O/c1-17-13-8-12-16(19)18-14-7-3-6-11-15-9-4-2-5-10-15/h2,4-5,9-10,17H,3,6-8,11-14H2,1H3,(H,18,19). The molecule has 0 aliphatic heterocycles. The Bertz CT molecular complexity index is 338. The van der Waals surface area contributed by atoms with Crippen molar-refractivity contribution >= 4 is 5.91 Å². The smallest absolute Gasteiger partial charge is 0.220 e. The Morgan fingerprint density at radius 2 is 1.79 bits per heavy atom. The number of amides is 1. The molecule has 1 aromatic carbocycles. The zero-order chi connectivity index (χ0) is 13.8. The molecule has 0 aliphatic carbocycles. The first-order valence-electron chi connectivity index (χ1n) is 7.28. The molecule has 0 spiro atoms. The van der Waals surface area contributed by atoms with E-state index in [-0.39, 0.29) is 5.91 Å². The van der Waals surface area contributed by atoms with Crippen LogP contribution in [0.5, 0.6) is 0 Å². The van der Waals surface area contributed by atoms with E-state index >= 15 is 0 Å². The molecule has 0 bridgehead atoms. The van der Waals surface area contributed by atoms with Crippen molar-refractivity contribution in [1.82, 2.24) is 10.6 Å². The zero-order valence-corrected chi connectivity index (χ0v) is 12.0. The number of nitrogens with one attached hydrogen (secondary N) is 2. The molecule has 0 heterocycles. The van der Waals surface area contributed by atoms with Crippen molar-refractivity contribution < 1.29 is 4.79 Å². The summed E-state index contributed by atoms with van der Waals surface area (Å²) in [5.41, 5.74) is 1.40. The van der Waals surface area contributed by atoms with Gasteiger partial charge in [-0.3, -0.25) is 4.79 Å². The SMILES string of the molecule is CNCCCC(=O)NCCCCCc1ccccc1. The number of carbonyl (C=O) groups excluding carboxylic acids is 1. The van der Waals surface area contributed by atoms with Crippen molar-refractivity contribution in [2.24, 2.45) is 0 Å². The number of rotatable bonds is 10. The fraction of sp³-hybridized carbons (Fsp3) is 0.562.